The molecule has 0 bridgehead atoms. The second kappa shape index (κ2) is 19.3. The number of nitrogens with zero attached hydrogens (tertiary/aromatic N) is 1. The van der Waals surface area contributed by atoms with Crippen LogP contribution in [0.15, 0.2) is 0 Å². The third-order valence-electron chi connectivity index (χ3n) is 5.46. The number of hydrogen-bond donors (Lipinski definition) is 1. The molecule has 0 unspecified atom stereocenters. The molecule has 1 N–H and O–H groups in total. The fourth-order valence-electron chi connectivity index (χ4n) is 3.58. The van der Waals surface area contributed by atoms with Crippen molar-refractivity contribution in [1.82, 2.24) is 5.32 Å². The van der Waals surface area contributed by atoms with E-state index in [9.17, 15) is 13.0 Å². The second-order valence-corrected chi connectivity index (χ2v) is 9.22. The summed E-state index contributed by atoms with van der Waals surface area (Å²) in [6, 6.07) is 0. The fourth-order valence-corrected chi connectivity index (χ4v) is 3.58. The van der Waals surface area contributed by atoms with Gasteiger partial charge in [-0.2, -0.15) is 0 Å². The van der Waals surface area contributed by atoms with Gasteiger partial charge in [-0.1, -0.05) is 96.8 Å². The van der Waals surface area contributed by atoms with Crippen LogP contribution in [0.2, 0.25) is 0 Å². The van der Waals surface area contributed by atoms with Crippen LogP contribution in [0.25, 0.3) is 0 Å². The monoisotopic (exact) mass is 434 g/mol. The number of amidine groups is 1. The molecule has 7 heteroatoms. The van der Waals surface area contributed by atoms with Gasteiger partial charge in [-0.15, -0.1) is 0 Å². The van der Waals surface area contributed by atoms with Crippen LogP contribution in [-0.2, 0) is 14.6 Å². The van der Waals surface area contributed by atoms with E-state index in [1.54, 1.807) is 0 Å². The van der Waals surface area contributed by atoms with Crippen molar-refractivity contribution in [3.63, 3.8) is 0 Å². The Hall–Kier alpha value is -0.660. The second-order valence-electron chi connectivity index (χ2n) is 8.07. The van der Waals surface area contributed by atoms with E-state index < -0.39 is 10.4 Å². The number of likely N-dealkylation sites (N-methyl/N-ethyl adjacent to an activating group) is 1. The summed E-state index contributed by atoms with van der Waals surface area (Å²) in [6.07, 6.45) is 23.0. The van der Waals surface area contributed by atoms with E-state index in [-0.39, 0.29) is 0 Å². The van der Waals surface area contributed by atoms with E-state index in [4.69, 9.17) is 0 Å². The molecule has 174 valence electrons. The topological polar surface area (TPSA) is 81.5 Å². The molecule has 0 radical (unpaired) electrons. The molecule has 6 nitrogen and oxygen atoms in total. The summed E-state index contributed by atoms with van der Waals surface area (Å²) < 4.78 is 33.4. The molecule has 1 heterocycles. The van der Waals surface area contributed by atoms with Crippen molar-refractivity contribution in [2.45, 2.75) is 110 Å². The van der Waals surface area contributed by atoms with E-state index >= 15 is 0 Å². The number of hydrogen-bond acceptors (Lipinski definition) is 5. The van der Waals surface area contributed by atoms with Gasteiger partial charge in [0, 0.05) is 6.42 Å². The van der Waals surface area contributed by atoms with Gasteiger partial charge in [0.15, 0.2) is 0 Å². The summed E-state index contributed by atoms with van der Waals surface area (Å²) >= 11 is 0. The van der Waals surface area contributed by atoms with E-state index in [0.717, 1.165) is 13.7 Å². The number of unbranched alkanes of at least 4 members (excludes halogenated alkanes) is 14. The van der Waals surface area contributed by atoms with Crippen molar-refractivity contribution >= 4 is 16.2 Å². The minimum atomic E-state index is -4.41. The molecule has 0 atom stereocenters. The highest BCUT2D eigenvalue weighted by molar-refractivity contribution is 7.80. The molecule has 29 heavy (non-hydrogen) atoms. The SMILES string of the molecule is CCCCCCCCCCCCCCCCCC1=[N+](C)CCN1.COS(=O)(=O)[O-]. The van der Waals surface area contributed by atoms with Gasteiger partial charge in [-0.3, -0.25) is 14.1 Å². The maximum Gasteiger partial charge on any atom is 0.244 e. The predicted molar refractivity (Wildman–Crippen MR) is 120 cm³/mol. The molecule has 0 saturated heterocycles. The average Bonchev–Trinajstić information content (AvgIpc) is 3.09. The molecule has 1 aliphatic rings. The fraction of sp³-hybridized carbons (Fsp3) is 0.955. The molecule has 0 aromatic rings. The number of rotatable bonds is 17. The summed E-state index contributed by atoms with van der Waals surface area (Å²) in [5.41, 5.74) is 0. The van der Waals surface area contributed by atoms with Crippen molar-refractivity contribution in [3.8, 4) is 0 Å². The molecule has 0 aromatic carbocycles. The lowest BCUT2D eigenvalue weighted by molar-refractivity contribution is -0.487. The molecule has 1 aliphatic heterocycles. The quantitative estimate of drug-likeness (QED) is 0.151. The van der Waals surface area contributed by atoms with E-state index in [1.807, 2.05) is 0 Å². The molecule has 1 rings (SSSR count). The Morgan fingerprint density at radius 1 is 0.862 bits per heavy atom. The Kier molecular flexibility index (Phi) is 18.9. The Bertz CT molecular complexity index is 507. The zero-order chi connectivity index (χ0) is 21.8. The van der Waals surface area contributed by atoms with Crippen LogP contribution in [-0.4, -0.2) is 50.6 Å². The van der Waals surface area contributed by atoms with E-state index in [2.05, 4.69) is 28.0 Å². The summed E-state index contributed by atoms with van der Waals surface area (Å²) in [6.45, 7) is 4.63. The van der Waals surface area contributed by atoms with Crippen molar-refractivity contribution < 1.29 is 21.7 Å². The Morgan fingerprint density at radius 3 is 1.55 bits per heavy atom. The van der Waals surface area contributed by atoms with Gasteiger partial charge in [-0.05, 0) is 6.42 Å². The molecular weight excluding hydrogens is 388 g/mol. The first-order chi connectivity index (χ1) is 13.9. The van der Waals surface area contributed by atoms with E-state index in [0.29, 0.717) is 0 Å². The molecule has 0 fully saturated rings. The lowest BCUT2D eigenvalue weighted by Crippen LogP contribution is -2.20. The van der Waals surface area contributed by atoms with E-state index in [1.165, 1.54) is 115 Å². The third kappa shape index (κ3) is 20.4. The first-order valence-corrected chi connectivity index (χ1v) is 13.1. The van der Waals surface area contributed by atoms with Gasteiger partial charge in [0.2, 0.25) is 16.2 Å². The van der Waals surface area contributed by atoms with Gasteiger partial charge < -0.3 is 4.55 Å². The highest BCUT2D eigenvalue weighted by atomic mass is 32.3. The Morgan fingerprint density at radius 2 is 1.24 bits per heavy atom. The van der Waals surface area contributed by atoms with Crippen molar-refractivity contribution in [1.29, 1.82) is 0 Å². The molecule has 0 amide bonds. The Labute approximate surface area is 180 Å². The predicted octanol–water partition coefficient (Wildman–Crippen LogP) is 4.98. The highest BCUT2D eigenvalue weighted by Crippen LogP contribution is 2.13. The zero-order valence-corrected chi connectivity index (χ0v) is 20.0. The number of nitrogens with one attached hydrogen (secondary N) is 1. The molecule has 0 saturated carbocycles. The average molecular weight is 435 g/mol. The van der Waals surface area contributed by atoms with Crippen LogP contribution in [0.1, 0.15) is 110 Å². The highest BCUT2D eigenvalue weighted by Gasteiger charge is 2.15. The summed E-state index contributed by atoms with van der Waals surface area (Å²) in [5, 5.41) is 3.50. The van der Waals surface area contributed by atoms with Crippen LogP contribution < -0.4 is 5.32 Å². The molecule has 0 spiro atoms. The maximum absolute atomic E-state index is 9.22. The van der Waals surface area contributed by atoms with Crippen molar-refractivity contribution in [2.24, 2.45) is 0 Å². The lowest BCUT2D eigenvalue weighted by Gasteiger charge is -2.03. The molecular formula is C22H46N2O4S. The van der Waals surface area contributed by atoms with Crippen molar-refractivity contribution in [3.05, 3.63) is 0 Å². The van der Waals surface area contributed by atoms with Crippen LogP contribution >= 0.6 is 0 Å². The summed E-state index contributed by atoms with van der Waals surface area (Å²) in [7, 11) is -1.40. The van der Waals surface area contributed by atoms with Crippen LogP contribution in [0.3, 0.4) is 0 Å². The smallest absolute Gasteiger partial charge is 0.244 e. The minimum Gasteiger partial charge on any atom is -0.726 e. The normalized spacial score (nSPS) is 13.9. The lowest BCUT2D eigenvalue weighted by atomic mass is 10.0. The molecule has 0 aliphatic carbocycles. The first kappa shape index (κ1) is 28.3. The summed E-state index contributed by atoms with van der Waals surface area (Å²) in [4.78, 5) is 0. The first-order valence-electron chi connectivity index (χ1n) is 11.7. The van der Waals surface area contributed by atoms with Crippen LogP contribution in [0, 0.1) is 0 Å². The maximum atomic E-state index is 9.22. The Balaban J connectivity index is 0.00000113. The van der Waals surface area contributed by atoms with Crippen LogP contribution in [0.5, 0.6) is 0 Å². The zero-order valence-electron chi connectivity index (χ0n) is 19.2. The standard InChI is InChI=1S/C21H42N2.CH4O4S/c1-3-4-5-6-7-8-9-10-11-12-13-14-15-16-17-18-21-22-19-20-23(21)2;1-5-6(2,3)4/h3-20H2,1-2H3;1H3,(H,2,3,4). The van der Waals surface area contributed by atoms with Gasteiger partial charge in [0.05, 0.1) is 14.2 Å². The van der Waals surface area contributed by atoms with Gasteiger partial charge in [0.25, 0.3) is 0 Å². The minimum absolute atomic E-state index is 0.808. The van der Waals surface area contributed by atoms with Gasteiger partial charge >= 0.3 is 0 Å². The summed E-state index contributed by atoms with van der Waals surface area (Å²) in [5.74, 6) is 1.47. The molecule has 0 aromatic heterocycles. The van der Waals surface area contributed by atoms with Crippen LogP contribution in [0.4, 0.5) is 0 Å². The van der Waals surface area contributed by atoms with Crippen molar-refractivity contribution in [2.75, 3.05) is 27.2 Å². The van der Waals surface area contributed by atoms with Gasteiger partial charge in [-0.25, -0.2) is 8.42 Å². The largest absolute Gasteiger partial charge is 0.726 e. The van der Waals surface area contributed by atoms with Gasteiger partial charge in [0.1, 0.15) is 13.1 Å². The third-order valence-corrected chi connectivity index (χ3v) is 5.87.